The maximum atomic E-state index is 12.8. The number of likely N-dealkylation sites (tertiary alicyclic amines) is 1. The molecule has 1 heterocycles. The Balaban J connectivity index is 2.93. The molecule has 2 amide bonds. The summed E-state index contributed by atoms with van der Waals surface area (Å²) >= 11 is 0. The number of hydrogen-bond donors (Lipinski definition) is 1. The molecule has 1 fully saturated rings. The fourth-order valence-electron chi connectivity index (χ4n) is 2.69. The van der Waals surface area contributed by atoms with Crippen molar-refractivity contribution in [2.24, 2.45) is 5.92 Å². The molecule has 7 heteroatoms. The lowest BCUT2D eigenvalue weighted by atomic mass is 10.0. The van der Waals surface area contributed by atoms with E-state index in [9.17, 15) is 14.4 Å². The van der Waals surface area contributed by atoms with E-state index in [1.807, 2.05) is 20.8 Å². The zero-order valence-electron chi connectivity index (χ0n) is 13.9. The third kappa shape index (κ3) is 4.11. The number of hydrogen-bond acceptors (Lipinski definition) is 5. The summed E-state index contributed by atoms with van der Waals surface area (Å²) in [5.41, 5.74) is 0. The van der Waals surface area contributed by atoms with Crippen molar-refractivity contribution < 1.29 is 23.9 Å². The second-order valence-corrected chi connectivity index (χ2v) is 5.80. The van der Waals surface area contributed by atoms with Gasteiger partial charge in [0.15, 0.2) is 0 Å². The van der Waals surface area contributed by atoms with E-state index in [1.165, 1.54) is 7.11 Å². The highest BCUT2D eigenvalue weighted by Gasteiger charge is 2.43. The number of methoxy groups -OCH3 is 1. The van der Waals surface area contributed by atoms with Crippen LogP contribution in [0.1, 0.15) is 40.5 Å². The van der Waals surface area contributed by atoms with E-state index in [4.69, 9.17) is 4.74 Å². The summed E-state index contributed by atoms with van der Waals surface area (Å²) in [6.45, 7) is 7.57. The number of amides is 2. The van der Waals surface area contributed by atoms with Gasteiger partial charge in [-0.3, -0.25) is 4.79 Å². The summed E-state index contributed by atoms with van der Waals surface area (Å²) in [5, 5.41) is 2.55. The SMILES string of the molecule is CCOC(=O)C1CCC(C)N1C(=O)[C@@H](NC(=O)OC)C(C)C. The Morgan fingerprint density at radius 3 is 2.41 bits per heavy atom. The minimum Gasteiger partial charge on any atom is -0.464 e. The van der Waals surface area contributed by atoms with Crippen molar-refractivity contribution in [1.82, 2.24) is 10.2 Å². The molecule has 0 aromatic heterocycles. The number of rotatable bonds is 5. The highest BCUT2D eigenvalue weighted by atomic mass is 16.5. The van der Waals surface area contributed by atoms with Crippen LogP contribution in [0.3, 0.4) is 0 Å². The molecule has 2 unspecified atom stereocenters. The van der Waals surface area contributed by atoms with Crippen LogP contribution in [0, 0.1) is 5.92 Å². The van der Waals surface area contributed by atoms with Crippen molar-refractivity contribution >= 4 is 18.0 Å². The predicted molar refractivity (Wildman–Crippen MR) is 80.1 cm³/mol. The summed E-state index contributed by atoms with van der Waals surface area (Å²) < 4.78 is 9.62. The van der Waals surface area contributed by atoms with Crippen LogP contribution >= 0.6 is 0 Å². The molecule has 0 radical (unpaired) electrons. The van der Waals surface area contributed by atoms with Gasteiger partial charge in [0.2, 0.25) is 5.91 Å². The average Bonchev–Trinajstić information content (AvgIpc) is 2.85. The van der Waals surface area contributed by atoms with Crippen LogP contribution < -0.4 is 5.32 Å². The lowest BCUT2D eigenvalue weighted by Crippen LogP contribution is -2.55. The Labute approximate surface area is 131 Å². The molecule has 0 saturated carbocycles. The standard InChI is InChI=1S/C15H26N2O5/c1-6-22-14(19)11-8-7-10(4)17(11)13(18)12(9(2)3)16-15(20)21-5/h9-12H,6-8H2,1-5H3,(H,16,20)/t10?,11?,12-/m0/s1. The molecule has 3 atom stereocenters. The molecule has 1 saturated heterocycles. The van der Waals surface area contributed by atoms with Gasteiger partial charge in [-0.15, -0.1) is 0 Å². The van der Waals surface area contributed by atoms with Gasteiger partial charge in [0.05, 0.1) is 13.7 Å². The smallest absolute Gasteiger partial charge is 0.407 e. The van der Waals surface area contributed by atoms with Gasteiger partial charge in [0.1, 0.15) is 12.1 Å². The van der Waals surface area contributed by atoms with Crippen molar-refractivity contribution in [3.63, 3.8) is 0 Å². The lowest BCUT2D eigenvalue weighted by molar-refractivity contribution is -0.155. The maximum Gasteiger partial charge on any atom is 0.407 e. The Hall–Kier alpha value is -1.79. The minimum atomic E-state index is -0.732. The summed E-state index contributed by atoms with van der Waals surface area (Å²) in [4.78, 5) is 37.9. The van der Waals surface area contributed by atoms with E-state index >= 15 is 0 Å². The molecule has 1 aliphatic heterocycles. The van der Waals surface area contributed by atoms with Gasteiger partial charge >= 0.3 is 12.1 Å². The largest absolute Gasteiger partial charge is 0.464 e. The first-order chi connectivity index (χ1) is 10.3. The highest BCUT2D eigenvalue weighted by Crippen LogP contribution is 2.26. The molecule has 0 aromatic carbocycles. The molecule has 1 aliphatic rings. The summed E-state index contributed by atoms with van der Waals surface area (Å²) in [6.07, 6.45) is 0.652. The van der Waals surface area contributed by atoms with Crippen molar-refractivity contribution in [2.75, 3.05) is 13.7 Å². The summed E-state index contributed by atoms with van der Waals surface area (Å²) in [5.74, 6) is -0.786. The van der Waals surface area contributed by atoms with Gasteiger partial charge < -0.3 is 19.7 Å². The second kappa shape index (κ2) is 8.00. The molecule has 0 spiro atoms. The number of nitrogens with zero attached hydrogens (tertiary/aromatic N) is 1. The molecular weight excluding hydrogens is 288 g/mol. The number of carbonyl (C=O) groups is 3. The summed E-state index contributed by atoms with van der Waals surface area (Å²) in [6, 6.07) is -1.38. The third-order valence-corrected chi connectivity index (χ3v) is 3.87. The molecular formula is C15H26N2O5. The van der Waals surface area contributed by atoms with E-state index in [0.29, 0.717) is 6.42 Å². The van der Waals surface area contributed by atoms with Crippen molar-refractivity contribution in [1.29, 1.82) is 0 Å². The molecule has 0 aliphatic carbocycles. The molecule has 126 valence electrons. The number of carbonyl (C=O) groups excluding carboxylic acids is 3. The van der Waals surface area contributed by atoms with Crippen LogP contribution in [0.2, 0.25) is 0 Å². The van der Waals surface area contributed by atoms with Gasteiger partial charge in [-0.2, -0.15) is 0 Å². The number of ether oxygens (including phenoxy) is 2. The zero-order chi connectivity index (χ0) is 16.9. The Bertz CT molecular complexity index is 424. The van der Waals surface area contributed by atoms with E-state index in [2.05, 4.69) is 10.1 Å². The fourth-order valence-corrected chi connectivity index (χ4v) is 2.69. The van der Waals surface area contributed by atoms with E-state index in [-0.39, 0.29) is 30.4 Å². The number of nitrogens with one attached hydrogen (secondary N) is 1. The molecule has 1 rings (SSSR count). The van der Waals surface area contributed by atoms with E-state index < -0.39 is 18.2 Å². The van der Waals surface area contributed by atoms with Gasteiger partial charge in [-0.05, 0) is 32.6 Å². The van der Waals surface area contributed by atoms with Crippen LogP contribution in [0.5, 0.6) is 0 Å². The number of esters is 1. The quantitative estimate of drug-likeness (QED) is 0.773. The van der Waals surface area contributed by atoms with E-state index in [0.717, 1.165) is 6.42 Å². The Kier molecular flexibility index (Phi) is 6.64. The zero-order valence-corrected chi connectivity index (χ0v) is 13.9. The van der Waals surface area contributed by atoms with Crippen LogP contribution in [0.15, 0.2) is 0 Å². The molecule has 1 N–H and O–H groups in total. The van der Waals surface area contributed by atoms with Gasteiger partial charge in [-0.25, -0.2) is 9.59 Å². The van der Waals surface area contributed by atoms with Crippen LogP contribution in [0.4, 0.5) is 4.79 Å². The van der Waals surface area contributed by atoms with Crippen LogP contribution in [-0.2, 0) is 19.1 Å². The Morgan fingerprint density at radius 1 is 1.27 bits per heavy atom. The molecule has 0 aromatic rings. The van der Waals surface area contributed by atoms with Crippen LogP contribution in [-0.4, -0.2) is 54.7 Å². The van der Waals surface area contributed by atoms with Gasteiger partial charge in [-0.1, -0.05) is 13.8 Å². The fraction of sp³-hybridized carbons (Fsp3) is 0.800. The molecule has 22 heavy (non-hydrogen) atoms. The van der Waals surface area contributed by atoms with E-state index in [1.54, 1.807) is 11.8 Å². The summed E-state index contributed by atoms with van der Waals surface area (Å²) in [7, 11) is 1.25. The van der Waals surface area contributed by atoms with Crippen molar-refractivity contribution in [2.45, 2.75) is 58.7 Å². The first-order valence-electron chi connectivity index (χ1n) is 7.66. The average molecular weight is 314 g/mol. The maximum absolute atomic E-state index is 12.8. The number of alkyl carbamates (subject to hydrolysis) is 1. The topological polar surface area (TPSA) is 84.9 Å². The second-order valence-electron chi connectivity index (χ2n) is 5.80. The first kappa shape index (κ1) is 18.3. The van der Waals surface area contributed by atoms with Crippen molar-refractivity contribution in [3.05, 3.63) is 0 Å². The highest BCUT2D eigenvalue weighted by molar-refractivity contribution is 5.90. The lowest BCUT2D eigenvalue weighted by Gasteiger charge is -2.32. The monoisotopic (exact) mass is 314 g/mol. The first-order valence-corrected chi connectivity index (χ1v) is 7.66. The van der Waals surface area contributed by atoms with Crippen molar-refractivity contribution in [3.8, 4) is 0 Å². The molecule has 0 bridgehead atoms. The van der Waals surface area contributed by atoms with Gasteiger partial charge in [0, 0.05) is 6.04 Å². The third-order valence-electron chi connectivity index (χ3n) is 3.87. The van der Waals surface area contributed by atoms with Crippen LogP contribution in [0.25, 0.3) is 0 Å². The molecule has 7 nitrogen and oxygen atoms in total. The Morgan fingerprint density at radius 2 is 1.91 bits per heavy atom. The predicted octanol–water partition coefficient (Wildman–Crippen LogP) is 1.31. The minimum absolute atomic E-state index is 0.0670. The normalized spacial score (nSPS) is 22.4. The van der Waals surface area contributed by atoms with Gasteiger partial charge in [0.25, 0.3) is 0 Å².